The number of pyridine rings is 1. The molecule has 2 heterocycles. The first kappa shape index (κ1) is 12.6. The molecule has 0 spiro atoms. The van der Waals surface area contributed by atoms with Gasteiger partial charge >= 0.3 is 0 Å². The topological polar surface area (TPSA) is 42.1 Å². The van der Waals surface area contributed by atoms with Crippen LogP contribution in [0.3, 0.4) is 0 Å². The van der Waals surface area contributed by atoms with Crippen LogP contribution in [0, 0.1) is 5.92 Å². The molecule has 3 rings (SSSR count). The zero-order valence-electron chi connectivity index (χ0n) is 11.4. The lowest BCUT2D eigenvalue weighted by Crippen LogP contribution is -2.28. The van der Waals surface area contributed by atoms with Crippen molar-refractivity contribution in [2.45, 2.75) is 19.4 Å². The summed E-state index contributed by atoms with van der Waals surface area (Å²) in [4.78, 5) is 6.96. The summed E-state index contributed by atoms with van der Waals surface area (Å²) in [6.07, 6.45) is 5.17. The molecule has 2 unspecified atom stereocenters. The number of aromatic nitrogens is 1. The first-order valence-corrected chi connectivity index (χ1v) is 7.12. The Morgan fingerprint density at radius 1 is 1.32 bits per heavy atom. The van der Waals surface area contributed by atoms with Crippen molar-refractivity contribution in [2.24, 2.45) is 11.7 Å². The molecule has 2 N–H and O–H groups in total. The molecule has 1 fully saturated rings. The Morgan fingerprint density at radius 2 is 2.16 bits per heavy atom. The van der Waals surface area contributed by atoms with Crippen LogP contribution in [-0.2, 0) is 0 Å². The van der Waals surface area contributed by atoms with Crippen molar-refractivity contribution in [3.8, 4) is 0 Å². The lowest BCUT2D eigenvalue weighted by atomic mass is 9.91. The summed E-state index contributed by atoms with van der Waals surface area (Å²) in [7, 11) is 0. The van der Waals surface area contributed by atoms with Gasteiger partial charge in [-0.25, -0.2) is 0 Å². The van der Waals surface area contributed by atoms with Crippen molar-refractivity contribution < 1.29 is 0 Å². The van der Waals surface area contributed by atoms with Gasteiger partial charge in [-0.2, -0.15) is 0 Å². The molecular weight excluding hydrogens is 234 g/mol. The molecule has 0 amide bonds. The second kappa shape index (κ2) is 5.27. The van der Waals surface area contributed by atoms with Crippen molar-refractivity contribution in [3.63, 3.8) is 0 Å². The Bertz CT molecular complexity index is 549. The van der Waals surface area contributed by atoms with Gasteiger partial charge in [0.05, 0.1) is 0 Å². The quantitative estimate of drug-likeness (QED) is 0.916. The number of nitrogens with two attached hydrogens (primary N) is 1. The first-order chi connectivity index (χ1) is 9.35. The predicted molar refractivity (Wildman–Crippen MR) is 78.9 cm³/mol. The minimum Gasteiger partial charge on any atom is -0.330 e. The third kappa shape index (κ3) is 2.13. The van der Waals surface area contributed by atoms with E-state index in [-0.39, 0.29) is 0 Å². The minimum absolute atomic E-state index is 0.425. The summed E-state index contributed by atoms with van der Waals surface area (Å²) >= 11 is 0. The number of hydrogen-bond acceptors (Lipinski definition) is 3. The van der Waals surface area contributed by atoms with Crippen molar-refractivity contribution in [1.29, 1.82) is 0 Å². The van der Waals surface area contributed by atoms with Crippen LogP contribution in [0.15, 0.2) is 36.7 Å². The van der Waals surface area contributed by atoms with E-state index < -0.39 is 0 Å². The van der Waals surface area contributed by atoms with Gasteiger partial charge in [-0.15, -0.1) is 0 Å². The van der Waals surface area contributed by atoms with Gasteiger partial charge in [0.2, 0.25) is 0 Å². The predicted octanol–water partition coefficient (Wildman–Crippen LogP) is 2.58. The van der Waals surface area contributed by atoms with Gasteiger partial charge in [0.15, 0.2) is 0 Å². The highest BCUT2D eigenvalue weighted by Gasteiger charge is 2.34. The molecule has 0 saturated carbocycles. The zero-order valence-corrected chi connectivity index (χ0v) is 11.4. The molecule has 3 heteroatoms. The van der Waals surface area contributed by atoms with Crippen LogP contribution in [0.4, 0.5) is 0 Å². The number of rotatable bonds is 3. The SMILES string of the molecule is CCN1CCC(CN)C1c1cncc2ccccc12. The molecule has 1 aliphatic heterocycles. The summed E-state index contributed by atoms with van der Waals surface area (Å²) in [5.74, 6) is 0.549. The van der Waals surface area contributed by atoms with E-state index in [1.54, 1.807) is 0 Å². The Morgan fingerprint density at radius 3 is 2.95 bits per heavy atom. The van der Waals surface area contributed by atoms with E-state index in [2.05, 4.69) is 41.1 Å². The summed E-state index contributed by atoms with van der Waals surface area (Å²) in [5.41, 5.74) is 7.32. The van der Waals surface area contributed by atoms with Gasteiger partial charge in [0.25, 0.3) is 0 Å². The normalized spacial score (nSPS) is 24.1. The molecule has 1 aromatic heterocycles. The lowest BCUT2D eigenvalue weighted by Gasteiger charge is -2.27. The minimum atomic E-state index is 0.425. The molecule has 2 atom stereocenters. The number of likely N-dealkylation sites (tertiary alicyclic amines) is 1. The number of benzene rings is 1. The lowest BCUT2D eigenvalue weighted by molar-refractivity contribution is 0.243. The van der Waals surface area contributed by atoms with E-state index in [4.69, 9.17) is 5.73 Å². The Balaban J connectivity index is 2.11. The van der Waals surface area contributed by atoms with Crippen molar-refractivity contribution in [1.82, 2.24) is 9.88 Å². The largest absolute Gasteiger partial charge is 0.330 e. The fraction of sp³-hybridized carbons (Fsp3) is 0.438. The van der Waals surface area contributed by atoms with Crippen LogP contribution in [0.25, 0.3) is 10.8 Å². The highest BCUT2D eigenvalue weighted by atomic mass is 15.2. The monoisotopic (exact) mass is 255 g/mol. The number of hydrogen-bond donors (Lipinski definition) is 1. The maximum atomic E-state index is 5.98. The second-order valence-electron chi connectivity index (χ2n) is 5.31. The maximum absolute atomic E-state index is 5.98. The Kier molecular flexibility index (Phi) is 3.49. The van der Waals surface area contributed by atoms with Gasteiger partial charge < -0.3 is 5.73 Å². The van der Waals surface area contributed by atoms with Crippen LogP contribution in [0.1, 0.15) is 24.9 Å². The summed E-state index contributed by atoms with van der Waals surface area (Å²) < 4.78 is 0. The fourth-order valence-corrected chi connectivity index (χ4v) is 3.35. The second-order valence-corrected chi connectivity index (χ2v) is 5.31. The molecule has 0 bridgehead atoms. The smallest absolute Gasteiger partial charge is 0.0410 e. The number of fused-ring (bicyclic) bond motifs is 1. The van der Waals surface area contributed by atoms with Crippen LogP contribution >= 0.6 is 0 Å². The van der Waals surface area contributed by atoms with Crippen LogP contribution in [-0.4, -0.2) is 29.5 Å². The van der Waals surface area contributed by atoms with Gasteiger partial charge in [-0.1, -0.05) is 31.2 Å². The van der Waals surface area contributed by atoms with Crippen molar-refractivity contribution >= 4 is 10.8 Å². The zero-order chi connectivity index (χ0) is 13.2. The summed E-state index contributed by atoms with van der Waals surface area (Å²) in [6, 6.07) is 8.93. The average Bonchev–Trinajstić information content (AvgIpc) is 2.89. The maximum Gasteiger partial charge on any atom is 0.0410 e. The Labute approximate surface area is 114 Å². The fourth-order valence-electron chi connectivity index (χ4n) is 3.35. The molecular formula is C16H21N3. The van der Waals surface area contributed by atoms with Gasteiger partial charge in [0.1, 0.15) is 0 Å². The molecule has 1 aliphatic rings. The summed E-state index contributed by atoms with van der Waals surface area (Å²) in [6.45, 7) is 5.20. The standard InChI is InChI=1S/C16H21N3/c1-2-19-8-7-12(9-17)16(19)15-11-18-10-13-5-3-4-6-14(13)15/h3-6,10-12,16H,2,7-9,17H2,1H3. The molecule has 2 aromatic rings. The Hall–Kier alpha value is -1.45. The molecule has 0 radical (unpaired) electrons. The highest BCUT2D eigenvalue weighted by molar-refractivity contribution is 5.85. The van der Waals surface area contributed by atoms with E-state index in [0.717, 1.165) is 19.6 Å². The van der Waals surface area contributed by atoms with E-state index >= 15 is 0 Å². The van der Waals surface area contributed by atoms with E-state index in [9.17, 15) is 0 Å². The third-order valence-corrected chi connectivity index (χ3v) is 4.35. The molecule has 1 saturated heterocycles. The first-order valence-electron chi connectivity index (χ1n) is 7.12. The van der Waals surface area contributed by atoms with Crippen molar-refractivity contribution in [3.05, 3.63) is 42.2 Å². The number of nitrogens with zero attached hydrogens (tertiary/aromatic N) is 2. The van der Waals surface area contributed by atoms with Crippen LogP contribution in [0.5, 0.6) is 0 Å². The molecule has 1 aromatic carbocycles. The molecule has 100 valence electrons. The van der Waals surface area contributed by atoms with E-state index in [1.165, 1.54) is 22.8 Å². The van der Waals surface area contributed by atoms with Crippen LogP contribution < -0.4 is 5.73 Å². The molecule has 19 heavy (non-hydrogen) atoms. The van der Waals surface area contributed by atoms with Crippen LogP contribution in [0.2, 0.25) is 0 Å². The third-order valence-electron chi connectivity index (χ3n) is 4.35. The van der Waals surface area contributed by atoms with Gasteiger partial charge in [-0.05, 0) is 42.9 Å². The average molecular weight is 255 g/mol. The van der Waals surface area contributed by atoms with Gasteiger partial charge in [0, 0.05) is 23.8 Å². The van der Waals surface area contributed by atoms with E-state index in [1.807, 2.05) is 12.4 Å². The van der Waals surface area contributed by atoms with Gasteiger partial charge in [-0.3, -0.25) is 9.88 Å². The molecule has 3 nitrogen and oxygen atoms in total. The molecule has 0 aliphatic carbocycles. The highest BCUT2D eigenvalue weighted by Crippen LogP contribution is 2.38. The van der Waals surface area contributed by atoms with Crippen molar-refractivity contribution in [2.75, 3.05) is 19.6 Å². The van der Waals surface area contributed by atoms with E-state index in [0.29, 0.717) is 12.0 Å². The summed E-state index contributed by atoms with van der Waals surface area (Å²) in [5, 5.41) is 2.54.